The number of ether oxygens (including phenoxy) is 1. The number of hydrogen-bond donors (Lipinski definition) is 0. The molecule has 0 N–H and O–H groups in total. The first-order valence-corrected chi connectivity index (χ1v) is 9.09. The Balaban J connectivity index is 1.93. The van der Waals surface area contributed by atoms with Gasteiger partial charge in [0, 0.05) is 15.1 Å². The Kier molecular flexibility index (Phi) is 5.60. The molecule has 0 amide bonds. The van der Waals surface area contributed by atoms with Crippen molar-refractivity contribution in [1.29, 1.82) is 0 Å². The summed E-state index contributed by atoms with van der Waals surface area (Å²) in [7, 11) is 0. The molecule has 3 aromatic rings. The molecule has 0 spiro atoms. The summed E-state index contributed by atoms with van der Waals surface area (Å²) in [5.41, 5.74) is 4.71. The van der Waals surface area contributed by atoms with E-state index in [1.165, 1.54) is 11.1 Å². The number of hydrogen-bond acceptors (Lipinski definition) is 1. The number of rotatable bonds is 5. The first kappa shape index (κ1) is 17.1. The maximum atomic E-state index is 6.42. The summed E-state index contributed by atoms with van der Waals surface area (Å²) in [6, 6.07) is 22.6. The van der Waals surface area contributed by atoms with Gasteiger partial charge in [-0.15, -0.1) is 0 Å². The van der Waals surface area contributed by atoms with Crippen molar-refractivity contribution < 1.29 is 4.74 Å². The molecular weight excluding hydrogens is 384 g/mol. The molecule has 3 rings (SSSR count). The van der Waals surface area contributed by atoms with Gasteiger partial charge in [-0.25, -0.2) is 0 Å². The largest absolute Gasteiger partial charge is 0.494 e. The van der Waals surface area contributed by atoms with Gasteiger partial charge in [-0.05, 0) is 60.4 Å². The van der Waals surface area contributed by atoms with Gasteiger partial charge >= 0.3 is 0 Å². The molecule has 0 aromatic heterocycles. The van der Waals surface area contributed by atoms with Crippen LogP contribution in [0.25, 0.3) is 11.1 Å². The monoisotopic (exact) mass is 400 g/mol. The van der Waals surface area contributed by atoms with Crippen LogP contribution in [0, 0.1) is 0 Å². The average Bonchev–Trinajstić information content (AvgIpc) is 2.60. The Morgan fingerprint density at radius 3 is 2.42 bits per heavy atom. The van der Waals surface area contributed by atoms with Gasteiger partial charge in [0.15, 0.2) is 0 Å². The van der Waals surface area contributed by atoms with Gasteiger partial charge in [-0.3, -0.25) is 0 Å². The van der Waals surface area contributed by atoms with E-state index in [2.05, 4.69) is 52.3 Å². The molecule has 0 fully saturated rings. The zero-order valence-corrected chi connectivity index (χ0v) is 15.8. The third-order valence-corrected chi connectivity index (χ3v) is 4.69. The summed E-state index contributed by atoms with van der Waals surface area (Å²) in [5, 5.41) is 0.761. The lowest BCUT2D eigenvalue weighted by molar-refractivity contribution is 0.340. The van der Waals surface area contributed by atoms with Crippen molar-refractivity contribution in [2.45, 2.75) is 13.3 Å². The van der Waals surface area contributed by atoms with E-state index in [1.807, 2.05) is 37.3 Å². The zero-order valence-electron chi connectivity index (χ0n) is 13.4. The molecule has 0 saturated heterocycles. The lowest BCUT2D eigenvalue weighted by Gasteiger charge is -2.12. The van der Waals surface area contributed by atoms with Gasteiger partial charge in [0.2, 0.25) is 0 Å². The van der Waals surface area contributed by atoms with Crippen LogP contribution in [0.1, 0.15) is 18.1 Å². The number of halogens is 2. The van der Waals surface area contributed by atoms with Gasteiger partial charge in [-0.2, -0.15) is 0 Å². The highest BCUT2D eigenvalue weighted by Crippen LogP contribution is 2.33. The third kappa shape index (κ3) is 4.00. The summed E-state index contributed by atoms with van der Waals surface area (Å²) in [6.45, 7) is 2.68. The molecule has 1 nitrogen and oxygen atoms in total. The lowest BCUT2D eigenvalue weighted by atomic mass is 9.95. The molecule has 3 aromatic carbocycles. The molecule has 0 bridgehead atoms. The predicted molar refractivity (Wildman–Crippen MR) is 105 cm³/mol. The quantitative estimate of drug-likeness (QED) is 0.459. The van der Waals surface area contributed by atoms with Crippen LogP contribution in [0.5, 0.6) is 5.75 Å². The fraction of sp³-hybridized carbons (Fsp3) is 0.143. The van der Waals surface area contributed by atoms with Crippen LogP contribution >= 0.6 is 27.5 Å². The Morgan fingerprint density at radius 1 is 0.917 bits per heavy atom. The molecular formula is C21H18BrClO. The normalized spacial score (nSPS) is 10.6. The van der Waals surface area contributed by atoms with E-state index >= 15 is 0 Å². The second-order valence-corrected chi connectivity index (χ2v) is 6.86. The van der Waals surface area contributed by atoms with E-state index in [9.17, 15) is 0 Å². The van der Waals surface area contributed by atoms with Crippen LogP contribution in [0.15, 0.2) is 71.2 Å². The Bertz CT molecular complexity index is 827. The van der Waals surface area contributed by atoms with Crippen LogP contribution in [0.3, 0.4) is 0 Å². The van der Waals surface area contributed by atoms with Gasteiger partial charge in [0.05, 0.1) is 6.61 Å². The SMILES string of the molecule is CCOc1ccc(Cc2ccccc2-c2cc(Br)ccc2Cl)cc1. The molecule has 3 heteroatoms. The fourth-order valence-electron chi connectivity index (χ4n) is 2.73. The molecule has 0 aliphatic carbocycles. The van der Waals surface area contributed by atoms with Crippen molar-refractivity contribution in [2.24, 2.45) is 0 Å². The van der Waals surface area contributed by atoms with Crippen LogP contribution in [-0.2, 0) is 6.42 Å². The topological polar surface area (TPSA) is 9.23 Å². The molecule has 122 valence electrons. The zero-order chi connectivity index (χ0) is 16.9. The highest BCUT2D eigenvalue weighted by Gasteiger charge is 2.10. The molecule has 24 heavy (non-hydrogen) atoms. The highest BCUT2D eigenvalue weighted by atomic mass is 79.9. The van der Waals surface area contributed by atoms with Crippen LogP contribution in [0.2, 0.25) is 5.02 Å². The molecule has 0 radical (unpaired) electrons. The minimum Gasteiger partial charge on any atom is -0.494 e. The Hall–Kier alpha value is -1.77. The summed E-state index contributed by atoms with van der Waals surface area (Å²) in [4.78, 5) is 0. The average molecular weight is 402 g/mol. The summed E-state index contributed by atoms with van der Waals surface area (Å²) >= 11 is 9.96. The summed E-state index contributed by atoms with van der Waals surface area (Å²) in [6.07, 6.45) is 0.853. The van der Waals surface area contributed by atoms with Gasteiger partial charge < -0.3 is 4.74 Å². The third-order valence-electron chi connectivity index (χ3n) is 3.86. The molecule has 0 heterocycles. The standard InChI is InChI=1S/C21H18BrClO/c1-2-24-18-10-7-15(8-11-18)13-16-5-3-4-6-19(16)20-14-17(22)9-12-21(20)23/h3-12,14H,2,13H2,1H3. The second kappa shape index (κ2) is 7.87. The van der Waals surface area contributed by atoms with E-state index in [0.29, 0.717) is 6.61 Å². The second-order valence-electron chi connectivity index (χ2n) is 5.54. The van der Waals surface area contributed by atoms with Crippen molar-refractivity contribution in [2.75, 3.05) is 6.61 Å². The van der Waals surface area contributed by atoms with Crippen molar-refractivity contribution in [3.05, 3.63) is 87.4 Å². The van der Waals surface area contributed by atoms with Crippen LogP contribution in [-0.4, -0.2) is 6.61 Å². The van der Waals surface area contributed by atoms with Gasteiger partial charge in [0.25, 0.3) is 0 Å². The highest BCUT2D eigenvalue weighted by molar-refractivity contribution is 9.10. The van der Waals surface area contributed by atoms with Gasteiger partial charge in [-0.1, -0.05) is 63.9 Å². The summed E-state index contributed by atoms with van der Waals surface area (Å²) in [5.74, 6) is 0.907. The maximum absolute atomic E-state index is 6.42. The minimum atomic E-state index is 0.684. The summed E-state index contributed by atoms with van der Waals surface area (Å²) < 4.78 is 6.54. The van der Waals surface area contributed by atoms with Crippen LogP contribution < -0.4 is 4.74 Å². The van der Waals surface area contributed by atoms with E-state index in [-0.39, 0.29) is 0 Å². The number of benzene rings is 3. The molecule has 0 saturated carbocycles. The first-order valence-electron chi connectivity index (χ1n) is 7.92. The van der Waals surface area contributed by atoms with Crippen molar-refractivity contribution in [3.8, 4) is 16.9 Å². The van der Waals surface area contributed by atoms with Gasteiger partial charge in [0.1, 0.15) is 5.75 Å². The van der Waals surface area contributed by atoms with Crippen LogP contribution in [0.4, 0.5) is 0 Å². The smallest absolute Gasteiger partial charge is 0.119 e. The lowest BCUT2D eigenvalue weighted by Crippen LogP contribution is -1.94. The van der Waals surface area contributed by atoms with E-state index < -0.39 is 0 Å². The van der Waals surface area contributed by atoms with Crippen molar-refractivity contribution >= 4 is 27.5 Å². The van der Waals surface area contributed by atoms with Crippen molar-refractivity contribution in [1.82, 2.24) is 0 Å². The van der Waals surface area contributed by atoms with E-state index in [1.54, 1.807) is 0 Å². The Labute approximate surface area is 156 Å². The molecule has 0 aliphatic heterocycles. The molecule has 0 atom stereocenters. The predicted octanol–water partition coefficient (Wildman–Crippen LogP) is 6.76. The molecule has 0 aliphatic rings. The minimum absolute atomic E-state index is 0.684. The van der Waals surface area contributed by atoms with E-state index in [0.717, 1.165) is 32.8 Å². The molecule has 0 unspecified atom stereocenters. The van der Waals surface area contributed by atoms with Crippen molar-refractivity contribution in [3.63, 3.8) is 0 Å². The first-order chi connectivity index (χ1) is 11.7. The Morgan fingerprint density at radius 2 is 1.67 bits per heavy atom. The maximum Gasteiger partial charge on any atom is 0.119 e. The van der Waals surface area contributed by atoms with E-state index in [4.69, 9.17) is 16.3 Å². The fourth-order valence-corrected chi connectivity index (χ4v) is 3.31.